The fourth-order valence-corrected chi connectivity index (χ4v) is 1.89. The zero-order valence-corrected chi connectivity index (χ0v) is 8.87. The Bertz CT molecular complexity index is 179. The summed E-state index contributed by atoms with van der Waals surface area (Å²) in [6.07, 6.45) is 6.16. The van der Waals surface area contributed by atoms with Gasteiger partial charge in [0.2, 0.25) is 0 Å². The van der Waals surface area contributed by atoms with Crippen molar-refractivity contribution in [2.75, 3.05) is 6.61 Å². The van der Waals surface area contributed by atoms with E-state index in [-0.39, 0.29) is 24.6 Å². The maximum Gasteiger partial charge on any atom is 0.309 e. The van der Waals surface area contributed by atoms with Crippen LogP contribution in [0.5, 0.6) is 0 Å². The molecule has 0 amide bonds. The highest BCUT2D eigenvalue weighted by Gasteiger charge is 2.33. The number of rotatable bonds is 6. The van der Waals surface area contributed by atoms with Crippen LogP contribution in [0.15, 0.2) is 0 Å². The summed E-state index contributed by atoms with van der Waals surface area (Å²) in [5.41, 5.74) is 0. The monoisotopic (exact) mass is 200 g/mol. The molecule has 3 heteroatoms. The molecule has 0 spiro atoms. The van der Waals surface area contributed by atoms with Gasteiger partial charge in [0, 0.05) is 0 Å². The zero-order chi connectivity index (χ0) is 10.4. The summed E-state index contributed by atoms with van der Waals surface area (Å²) in [5, 5.41) is 8.83. The topological polar surface area (TPSA) is 46.5 Å². The lowest BCUT2D eigenvalue weighted by atomic mass is 9.97. The highest BCUT2D eigenvalue weighted by atomic mass is 16.6. The van der Waals surface area contributed by atoms with Crippen molar-refractivity contribution in [2.24, 2.45) is 5.92 Å². The molecule has 1 heterocycles. The van der Waals surface area contributed by atoms with Gasteiger partial charge in [-0.15, -0.1) is 0 Å². The molecule has 14 heavy (non-hydrogen) atoms. The molecule has 0 unspecified atom stereocenters. The van der Waals surface area contributed by atoms with Gasteiger partial charge in [0.1, 0.15) is 6.10 Å². The molecule has 0 bridgehead atoms. The van der Waals surface area contributed by atoms with E-state index in [9.17, 15) is 4.79 Å². The number of carbonyl (C=O) groups is 1. The van der Waals surface area contributed by atoms with E-state index in [4.69, 9.17) is 9.84 Å². The Morgan fingerprint density at radius 2 is 2.21 bits per heavy atom. The maximum atomic E-state index is 11.3. The average molecular weight is 200 g/mol. The number of unbranched alkanes of at least 4 members (excludes halogenated alkanes) is 3. The minimum absolute atomic E-state index is 0.0306. The summed E-state index contributed by atoms with van der Waals surface area (Å²) < 4.78 is 4.99. The Morgan fingerprint density at radius 3 is 2.79 bits per heavy atom. The van der Waals surface area contributed by atoms with Gasteiger partial charge in [0.15, 0.2) is 0 Å². The number of ether oxygens (including phenoxy) is 1. The number of cyclic esters (lactones) is 1. The van der Waals surface area contributed by atoms with Crippen LogP contribution in [0.3, 0.4) is 0 Å². The van der Waals surface area contributed by atoms with Gasteiger partial charge in [-0.3, -0.25) is 4.79 Å². The quantitative estimate of drug-likeness (QED) is 0.526. The van der Waals surface area contributed by atoms with Crippen LogP contribution in [0.1, 0.15) is 45.4 Å². The van der Waals surface area contributed by atoms with Crippen molar-refractivity contribution in [3.05, 3.63) is 0 Å². The van der Waals surface area contributed by atoms with E-state index in [2.05, 4.69) is 6.92 Å². The van der Waals surface area contributed by atoms with Gasteiger partial charge in [-0.2, -0.15) is 0 Å². The number of carbonyl (C=O) groups excluding carboxylic acids is 1. The van der Waals surface area contributed by atoms with Gasteiger partial charge >= 0.3 is 5.97 Å². The van der Waals surface area contributed by atoms with Crippen LogP contribution < -0.4 is 0 Å². The Kier molecular flexibility index (Phi) is 4.94. The first-order valence-corrected chi connectivity index (χ1v) is 5.59. The molecule has 1 fully saturated rings. The van der Waals surface area contributed by atoms with Crippen molar-refractivity contribution in [3.8, 4) is 0 Å². The Labute approximate surface area is 85.5 Å². The molecule has 0 aromatic heterocycles. The molecule has 0 radical (unpaired) electrons. The van der Waals surface area contributed by atoms with Crippen molar-refractivity contribution in [1.29, 1.82) is 0 Å². The molecular formula is C11H20O3. The Morgan fingerprint density at radius 1 is 1.43 bits per heavy atom. The van der Waals surface area contributed by atoms with Gasteiger partial charge in [-0.25, -0.2) is 0 Å². The van der Waals surface area contributed by atoms with Crippen molar-refractivity contribution < 1.29 is 14.6 Å². The van der Waals surface area contributed by atoms with Crippen LogP contribution in [0, 0.1) is 5.92 Å². The van der Waals surface area contributed by atoms with E-state index >= 15 is 0 Å². The van der Waals surface area contributed by atoms with Crippen LogP contribution in [-0.4, -0.2) is 23.8 Å². The molecule has 1 rings (SSSR count). The standard InChI is InChI=1S/C11H20O3/c1-2-3-4-5-6-9-7-10(8-12)14-11(9)13/h9-10,12H,2-8H2,1H3/t9-,10+/m0/s1. The third-order valence-corrected chi connectivity index (χ3v) is 2.77. The normalized spacial score (nSPS) is 26.6. The first kappa shape index (κ1) is 11.5. The third-order valence-electron chi connectivity index (χ3n) is 2.77. The van der Waals surface area contributed by atoms with E-state index in [0.29, 0.717) is 6.42 Å². The predicted octanol–water partition coefficient (Wildman–Crippen LogP) is 1.88. The van der Waals surface area contributed by atoms with Gasteiger partial charge in [-0.05, 0) is 12.8 Å². The van der Waals surface area contributed by atoms with E-state index in [1.165, 1.54) is 19.3 Å². The molecule has 82 valence electrons. The van der Waals surface area contributed by atoms with Crippen LogP contribution in [-0.2, 0) is 9.53 Å². The minimum Gasteiger partial charge on any atom is -0.460 e. The smallest absolute Gasteiger partial charge is 0.309 e. The Balaban J connectivity index is 2.15. The second-order valence-electron chi connectivity index (χ2n) is 4.02. The number of aliphatic hydroxyl groups is 1. The Hall–Kier alpha value is -0.570. The lowest BCUT2D eigenvalue weighted by Gasteiger charge is -2.03. The fourth-order valence-electron chi connectivity index (χ4n) is 1.89. The second kappa shape index (κ2) is 6.02. The number of hydrogen-bond acceptors (Lipinski definition) is 3. The SMILES string of the molecule is CCCCCC[C@H]1C[C@H](CO)OC1=O. The van der Waals surface area contributed by atoms with Crippen molar-refractivity contribution in [2.45, 2.75) is 51.6 Å². The fraction of sp³-hybridized carbons (Fsp3) is 0.909. The summed E-state index contributed by atoms with van der Waals surface area (Å²) in [7, 11) is 0. The lowest BCUT2D eigenvalue weighted by molar-refractivity contribution is -0.145. The maximum absolute atomic E-state index is 11.3. The highest BCUT2D eigenvalue weighted by Crippen LogP contribution is 2.25. The highest BCUT2D eigenvalue weighted by molar-refractivity contribution is 5.74. The molecule has 3 nitrogen and oxygen atoms in total. The molecular weight excluding hydrogens is 180 g/mol. The minimum atomic E-state index is -0.237. The molecule has 0 aliphatic carbocycles. The van der Waals surface area contributed by atoms with Gasteiger partial charge in [-0.1, -0.05) is 32.6 Å². The van der Waals surface area contributed by atoms with Crippen LogP contribution >= 0.6 is 0 Å². The van der Waals surface area contributed by atoms with Gasteiger partial charge < -0.3 is 9.84 Å². The average Bonchev–Trinajstić information content (AvgIpc) is 2.54. The summed E-state index contributed by atoms with van der Waals surface area (Å²) >= 11 is 0. The first-order valence-electron chi connectivity index (χ1n) is 5.59. The van der Waals surface area contributed by atoms with E-state index in [1.54, 1.807) is 0 Å². The largest absolute Gasteiger partial charge is 0.460 e. The van der Waals surface area contributed by atoms with E-state index in [1.807, 2.05) is 0 Å². The molecule has 1 aliphatic rings. The summed E-state index contributed by atoms with van der Waals surface area (Å²) in [6, 6.07) is 0. The van der Waals surface area contributed by atoms with E-state index < -0.39 is 0 Å². The van der Waals surface area contributed by atoms with Gasteiger partial charge in [0.25, 0.3) is 0 Å². The van der Waals surface area contributed by atoms with E-state index in [0.717, 1.165) is 12.8 Å². The van der Waals surface area contributed by atoms with Crippen molar-refractivity contribution in [3.63, 3.8) is 0 Å². The van der Waals surface area contributed by atoms with Gasteiger partial charge in [0.05, 0.1) is 12.5 Å². The molecule has 1 N–H and O–H groups in total. The number of esters is 1. The van der Waals surface area contributed by atoms with Crippen LogP contribution in [0.2, 0.25) is 0 Å². The molecule has 0 saturated carbocycles. The van der Waals surface area contributed by atoms with Crippen LogP contribution in [0.4, 0.5) is 0 Å². The first-order chi connectivity index (χ1) is 6.77. The summed E-state index contributed by atoms with van der Waals surface area (Å²) in [6.45, 7) is 2.14. The summed E-state index contributed by atoms with van der Waals surface area (Å²) in [5.74, 6) is -0.0652. The van der Waals surface area contributed by atoms with Crippen LogP contribution in [0.25, 0.3) is 0 Å². The predicted molar refractivity (Wildman–Crippen MR) is 53.8 cm³/mol. The third kappa shape index (κ3) is 3.29. The number of hydrogen-bond donors (Lipinski definition) is 1. The molecule has 0 aromatic carbocycles. The molecule has 2 atom stereocenters. The molecule has 0 aromatic rings. The zero-order valence-electron chi connectivity index (χ0n) is 8.87. The molecule has 1 saturated heterocycles. The number of aliphatic hydroxyl groups excluding tert-OH is 1. The summed E-state index contributed by atoms with van der Waals surface area (Å²) in [4.78, 5) is 11.3. The van der Waals surface area contributed by atoms with Crippen molar-refractivity contribution >= 4 is 5.97 Å². The lowest BCUT2D eigenvalue weighted by Crippen LogP contribution is -2.10. The molecule has 1 aliphatic heterocycles. The second-order valence-corrected chi connectivity index (χ2v) is 4.02. The van der Waals surface area contributed by atoms with Crippen molar-refractivity contribution in [1.82, 2.24) is 0 Å².